The highest BCUT2D eigenvalue weighted by atomic mass is 32.2. The molecule has 9 rings (SSSR count). The topological polar surface area (TPSA) is 309 Å². The summed E-state index contributed by atoms with van der Waals surface area (Å²) in [5, 5.41) is 3.56. The van der Waals surface area contributed by atoms with Crippen molar-refractivity contribution in [3.8, 4) is 0 Å². The highest BCUT2D eigenvalue weighted by Crippen LogP contribution is 2.39. The molecule has 8 bridgehead atoms. The molecule has 20 nitrogen and oxygen atoms in total. The summed E-state index contributed by atoms with van der Waals surface area (Å²) in [6, 6.07) is 14.5. The van der Waals surface area contributed by atoms with Gasteiger partial charge in [0.1, 0.15) is 23.3 Å². The summed E-state index contributed by atoms with van der Waals surface area (Å²) in [5.74, 6) is -0.295. The van der Waals surface area contributed by atoms with E-state index < -0.39 is 72.4 Å². The number of fused-ring (bicyclic) bond motifs is 18. The van der Waals surface area contributed by atoms with Crippen molar-refractivity contribution in [3.63, 3.8) is 0 Å². The Kier molecular flexibility index (Phi) is 7.87. The van der Waals surface area contributed by atoms with Gasteiger partial charge in [-0.2, -0.15) is 33.7 Å². The van der Waals surface area contributed by atoms with Crippen LogP contribution in [-0.2, 0) is 47.5 Å². The maximum absolute atomic E-state index is 12.3. The van der Waals surface area contributed by atoms with Crippen LogP contribution < -0.4 is 16.3 Å². The quantitative estimate of drug-likeness (QED) is 0.159. The molecule has 1 aromatic heterocycles. The highest BCUT2D eigenvalue weighted by Gasteiger charge is 2.35. The monoisotopic (exact) mass is 850 g/mol. The molecule has 0 saturated carbocycles. The zero-order valence-corrected chi connectivity index (χ0v) is 31.7. The first-order valence-electron chi connectivity index (χ1n) is 16.1. The largest absolute Gasteiger partial charge is 0.313 e. The van der Waals surface area contributed by atoms with E-state index in [1.165, 1.54) is 41.9 Å². The summed E-state index contributed by atoms with van der Waals surface area (Å²) >= 11 is 0. The zero-order chi connectivity index (χ0) is 40.6. The smallest absolute Gasteiger partial charge is 0.294 e. The molecule has 24 heteroatoms. The van der Waals surface area contributed by atoms with E-state index in [1.807, 2.05) is 0 Å². The average molecular weight is 851 g/mol. The number of nitrogens with one attached hydrogen (secondary N) is 1. The van der Waals surface area contributed by atoms with Crippen LogP contribution in [-0.4, -0.2) is 79.8 Å². The van der Waals surface area contributed by atoms with Crippen LogP contribution in [0.25, 0.3) is 10.8 Å². The Labute approximate surface area is 321 Å². The number of amidine groups is 4. The fraction of sp³-hybridized carbons (Fsp3) is 0.0909. The van der Waals surface area contributed by atoms with E-state index in [4.69, 9.17) is 20.0 Å². The standard InChI is InChI=1S/C33H22N8O12S4/c1-41-32-21-9-5-17(57(51,52)53)13-25(21)33(41)39-28-20-8-4-15(55(45,46)47)11-23(20)30(38-28)35-26-18-6-2-14(54(42,43)44)10-22(18)29(34-26)36-27-19-7-3-16(56(48,49)50)12-24(19)31(37-27)40-32/h2-13,26,29,34H,1H3,(H,42,43,44)(H,45,46,47)(H,48,49,50)(H,51,52,53). The van der Waals surface area contributed by atoms with Crippen LogP contribution in [0.2, 0.25) is 0 Å². The lowest BCUT2D eigenvalue weighted by molar-refractivity contribution is 0.480. The van der Waals surface area contributed by atoms with Gasteiger partial charge in [-0.3, -0.25) is 23.5 Å². The number of aromatic nitrogens is 1. The van der Waals surface area contributed by atoms with Gasteiger partial charge in [0.2, 0.25) is 0 Å². The molecule has 2 unspecified atom stereocenters. The second kappa shape index (κ2) is 12.2. The molecule has 4 aliphatic rings. The predicted molar refractivity (Wildman–Crippen MR) is 199 cm³/mol. The molecule has 290 valence electrons. The van der Waals surface area contributed by atoms with Crippen molar-refractivity contribution in [2.75, 3.05) is 0 Å². The van der Waals surface area contributed by atoms with E-state index in [0.717, 1.165) is 42.5 Å². The fourth-order valence-electron chi connectivity index (χ4n) is 6.92. The Morgan fingerprint density at radius 1 is 0.474 bits per heavy atom. The van der Waals surface area contributed by atoms with Gasteiger partial charge in [0.15, 0.2) is 23.3 Å². The first kappa shape index (κ1) is 36.9. The second-order valence-corrected chi connectivity index (χ2v) is 18.7. The van der Waals surface area contributed by atoms with Crippen molar-refractivity contribution in [3.05, 3.63) is 117 Å². The number of hydrogen-bond acceptors (Lipinski definition) is 15. The summed E-state index contributed by atoms with van der Waals surface area (Å²) in [5.41, 5.74) is 1.38. The van der Waals surface area contributed by atoms with Crippen LogP contribution in [0.1, 0.15) is 45.7 Å². The molecular formula is C33H22N8O12S4. The number of nitrogens with zero attached hydrogens (tertiary/aromatic N) is 7. The van der Waals surface area contributed by atoms with Crippen molar-refractivity contribution in [1.29, 1.82) is 0 Å². The maximum atomic E-state index is 12.3. The van der Waals surface area contributed by atoms with Gasteiger partial charge in [-0.05, 0) is 77.9 Å². The lowest BCUT2D eigenvalue weighted by atomic mass is 10.1. The summed E-state index contributed by atoms with van der Waals surface area (Å²) in [6.45, 7) is 0. The lowest BCUT2D eigenvalue weighted by Crippen LogP contribution is -2.26. The third-order valence-corrected chi connectivity index (χ3v) is 13.0. The minimum atomic E-state index is -4.74. The molecule has 0 saturated heterocycles. The molecule has 0 fully saturated rings. The molecule has 4 aliphatic heterocycles. The Hall–Kier alpha value is -5.70. The molecule has 0 amide bonds. The van der Waals surface area contributed by atoms with E-state index in [0.29, 0.717) is 5.56 Å². The van der Waals surface area contributed by atoms with Gasteiger partial charge in [0.25, 0.3) is 40.5 Å². The van der Waals surface area contributed by atoms with E-state index in [9.17, 15) is 51.9 Å². The van der Waals surface area contributed by atoms with Gasteiger partial charge in [0.05, 0.1) is 19.6 Å². The summed E-state index contributed by atoms with van der Waals surface area (Å²) < 4.78 is 139. The molecule has 0 spiro atoms. The molecular weight excluding hydrogens is 829 g/mol. The maximum Gasteiger partial charge on any atom is 0.294 e. The van der Waals surface area contributed by atoms with Crippen LogP contribution in [0, 0.1) is 0 Å². The van der Waals surface area contributed by atoms with Crippen LogP contribution in [0.3, 0.4) is 0 Å². The molecule has 5 aromatic rings. The molecule has 0 radical (unpaired) electrons. The Bertz CT molecular complexity index is 3470. The minimum Gasteiger partial charge on any atom is -0.313 e. The van der Waals surface area contributed by atoms with Gasteiger partial charge in [0, 0.05) is 40.1 Å². The summed E-state index contributed by atoms with van der Waals surface area (Å²) in [7, 11) is -17.4. The lowest BCUT2D eigenvalue weighted by Gasteiger charge is -2.10. The average Bonchev–Trinajstić information content (AvgIpc) is 3.83. The first-order chi connectivity index (χ1) is 26.6. The van der Waals surface area contributed by atoms with Crippen LogP contribution in [0.15, 0.2) is 122 Å². The fourth-order valence-corrected chi connectivity index (χ4v) is 8.96. The van der Waals surface area contributed by atoms with Crippen molar-refractivity contribution in [1.82, 2.24) is 9.88 Å². The van der Waals surface area contributed by atoms with Crippen LogP contribution in [0.4, 0.5) is 0 Å². The molecule has 0 aliphatic carbocycles. The van der Waals surface area contributed by atoms with E-state index in [-0.39, 0.29) is 72.9 Å². The molecule has 5 heterocycles. The number of rotatable bonds is 4. The molecule has 4 aromatic carbocycles. The Morgan fingerprint density at radius 3 is 1.47 bits per heavy atom. The van der Waals surface area contributed by atoms with E-state index in [1.54, 1.807) is 0 Å². The van der Waals surface area contributed by atoms with Crippen molar-refractivity contribution in [2.24, 2.45) is 37.0 Å². The Morgan fingerprint density at radius 2 is 0.895 bits per heavy atom. The molecule has 2 atom stereocenters. The first-order valence-corrected chi connectivity index (χ1v) is 21.9. The van der Waals surface area contributed by atoms with Crippen molar-refractivity contribution < 1.29 is 51.9 Å². The highest BCUT2D eigenvalue weighted by molar-refractivity contribution is 7.86. The third kappa shape index (κ3) is 6.14. The van der Waals surface area contributed by atoms with E-state index >= 15 is 0 Å². The zero-order valence-electron chi connectivity index (χ0n) is 28.4. The third-order valence-electron chi connectivity index (χ3n) is 9.56. The number of benzene rings is 4. The number of hydrogen-bond donors (Lipinski definition) is 5. The van der Waals surface area contributed by atoms with E-state index in [2.05, 4.69) is 15.3 Å². The second-order valence-electron chi connectivity index (χ2n) is 13.0. The van der Waals surface area contributed by atoms with Crippen molar-refractivity contribution in [2.45, 2.75) is 31.9 Å². The van der Waals surface area contributed by atoms with Gasteiger partial charge in [-0.15, -0.1) is 0 Å². The summed E-state index contributed by atoms with van der Waals surface area (Å²) in [4.78, 5) is 26.3. The Balaban J connectivity index is 1.41. The van der Waals surface area contributed by atoms with Gasteiger partial charge >= 0.3 is 0 Å². The van der Waals surface area contributed by atoms with Gasteiger partial charge < -0.3 is 4.57 Å². The number of aliphatic imine (C=N–C) groups is 4. The molecule has 57 heavy (non-hydrogen) atoms. The van der Waals surface area contributed by atoms with Crippen LogP contribution in [0.5, 0.6) is 0 Å². The molecule has 5 N–H and O–H groups in total. The summed E-state index contributed by atoms with van der Waals surface area (Å²) in [6.07, 6.45) is -2.22. The van der Waals surface area contributed by atoms with Gasteiger partial charge in [-0.25, -0.2) is 30.0 Å². The van der Waals surface area contributed by atoms with Crippen molar-refractivity contribution >= 4 is 74.6 Å². The predicted octanol–water partition coefficient (Wildman–Crippen LogP) is 1.13. The van der Waals surface area contributed by atoms with Gasteiger partial charge in [-0.1, -0.05) is 6.07 Å². The normalized spacial score (nSPS) is 18.8. The van der Waals surface area contributed by atoms with Crippen LogP contribution >= 0.6 is 0 Å². The SMILES string of the molecule is Cn1c2c3ccc(S(=O)(=O)O)cc3c1=NC1=NC(=NC3NC(N=C4N=C(N=2)c2cc(S(=O)(=O)O)ccc24)c2cc(S(=O)(=O)O)ccc23)c2cc(S(=O)(=O)O)ccc21. The minimum absolute atomic E-state index is 0.0341.